The number of hydrogen-bond donors (Lipinski definition) is 3. The molecule has 1 aromatic rings. The van der Waals surface area contributed by atoms with Gasteiger partial charge in [-0.15, -0.1) is 0 Å². The average Bonchev–Trinajstić information content (AvgIpc) is 2.44. The third-order valence-electron chi connectivity index (χ3n) is 2.69. The second-order valence-electron chi connectivity index (χ2n) is 4.21. The molecule has 5 nitrogen and oxygen atoms in total. The number of amides is 2. The largest absolute Gasteiger partial charge is 0.480 e. The average molecular weight is 318 g/mol. The van der Waals surface area contributed by atoms with Gasteiger partial charge in [0.2, 0.25) is 0 Å². The zero-order valence-electron chi connectivity index (χ0n) is 11.4. The van der Waals surface area contributed by atoms with Gasteiger partial charge in [0.1, 0.15) is 6.04 Å². The Hall–Kier alpha value is -1.83. The molecule has 0 radical (unpaired) electrons. The van der Waals surface area contributed by atoms with Crippen molar-refractivity contribution in [2.24, 2.45) is 0 Å². The highest BCUT2D eigenvalue weighted by Crippen LogP contribution is 2.10. The highest BCUT2D eigenvalue weighted by Gasteiger charge is 2.19. The zero-order chi connectivity index (χ0) is 15.8. The summed E-state index contributed by atoms with van der Waals surface area (Å²) >= 11 is 1.46. The van der Waals surface area contributed by atoms with Crippen molar-refractivity contribution in [2.45, 2.75) is 19.0 Å². The Morgan fingerprint density at radius 3 is 2.71 bits per heavy atom. The molecule has 116 valence electrons. The van der Waals surface area contributed by atoms with Crippen LogP contribution in [0.25, 0.3) is 0 Å². The van der Waals surface area contributed by atoms with Crippen molar-refractivity contribution in [3.63, 3.8) is 0 Å². The molecule has 8 heteroatoms. The van der Waals surface area contributed by atoms with E-state index in [0.29, 0.717) is 5.75 Å². The molecule has 0 saturated heterocycles. The number of rotatable bonds is 7. The highest BCUT2D eigenvalue weighted by atomic mass is 32.2. The number of carbonyl (C=O) groups excluding carboxylic acids is 1. The van der Waals surface area contributed by atoms with Gasteiger partial charge >= 0.3 is 12.0 Å². The summed E-state index contributed by atoms with van der Waals surface area (Å²) in [6.07, 6.45) is 2.10. The van der Waals surface area contributed by atoms with Gasteiger partial charge in [-0.05, 0) is 24.5 Å². The second kappa shape index (κ2) is 8.46. The van der Waals surface area contributed by atoms with Crippen LogP contribution >= 0.6 is 11.8 Å². The molecule has 0 aliphatic heterocycles. The van der Waals surface area contributed by atoms with Crippen molar-refractivity contribution in [3.8, 4) is 0 Å². The number of thioether (sulfide) groups is 1. The minimum absolute atomic E-state index is 0.0128. The Morgan fingerprint density at radius 1 is 1.38 bits per heavy atom. The third kappa shape index (κ3) is 5.58. The molecule has 1 atom stereocenters. The minimum Gasteiger partial charge on any atom is -0.480 e. The molecular weight excluding hydrogens is 302 g/mol. The Labute approximate surface area is 125 Å². The molecule has 0 aliphatic carbocycles. The Kier molecular flexibility index (Phi) is 6.93. The van der Waals surface area contributed by atoms with E-state index in [9.17, 15) is 18.4 Å². The van der Waals surface area contributed by atoms with Gasteiger partial charge in [-0.25, -0.2) is 18.4 Å². The Bertz CT molecular complexity index is 514. The lowest BCUT2D eigenvalue weighted by Crippen LogP contribution is -2.46. The minimum atomic E-state index is -1.14. The highest BCUT2D eigenvalue weighted by molar-refractivity contribution is 7.98. The van der Waals surface area contributed by atoms with Crippen LogP contribution in [0.4, 0.5) is 13.6 Å². The third-order valence-corrected chi connectivity index (χ3v) is 3.33. The maximum atomic E-state index is 13.4. The fraction of sp³-hybridized carbons (Fsp3) is 0.385. The van der Waals surface area contributed by atoms with Crippen molar-refractivity contribution >= 4 is 23.8 Å². The summed E-state index contributed by atoms with van der Waals surface area (Å²) in [6, 6.07) is 1.87. The van der Waals surface area contributed by atoms with E-state index in [1.54, 1.807) is 0 Å². The van der Waals surface area contributed by atoms with Crippen LogP contribution in [0, 0.1) is 11.6 Å². The van der Waals surface area contributed by atoms with E-state index in [0.717, 1.165) is 6.07 Å². The molecule has 0 bridgehead atoms. The van der Waals surface area contributed by atoms with Gasteiger partial charge in [-0.3, -0.25) is 0 Å². The zero-order valence-corrected chi connectivity index (χ0v) is 12.2. The van der Waals surface area contributed by atoms with E-state index >= 15 is 0 Å². The molecule has 0 heterocycles. The summed E-state index contributed by atoms with van der Waals surface area (Å²) in [7, 11) is 0. The van der Waals surface area contributed by atoms with Gasteiger partial charge in [-0.1, -0.05) is 12.1 Å². The van der Waals surface area contributed by atoms with Gasteiger partial charge in [0.15, 0.2) is 11.6 Å². The van der Waals surface area contributed by atoms with Crippen LogP contribution in [-0.4, -0.2) is 35.2 Å². The van der Waals surface area contributed by atoms with E-state index in [1.165, 1.54) is 23.9 Å². The molecule has 1 unspecified atom stereocenters. The van der Waals surface area contributed by atoms with Crippen molar-refractivity contribution in [2.75, 3.05) is 12.0 Å². The quantitative estimate of drug-likeness (QED) is 0.718. The topological polar surface area (TPSA) is 78.4 Å². The fourth-order valence-corrected chi connectivity index (χ4v) is 2.03. The number of carboxylic acids is 1. The number of nitrogens with one attached hydrogen (secondary N) is 2. The first-order valence-electron chi connectivity index (χ1n) is 6.14. The summed E-state index contributed by atoms with van der Waals surface area (Å²) in [5, 5.41) is 13.5. The van der Waals surface area contributed by atoms with Crippen molar-refractivity contribution in [3.05, 3.63) is 35.4 Å². The van der Waals surface area contributed by atoms with Gasteiger partial charge in [0, 0.05) is 12.1 Å². The first-order valence-corrected chi connectivity index (χ1v) is 7.54. The molecule has 3 N–H and O–H groups in total. The number of aliphatic carboxylic acids is 1. The summed E-state index contributed by atoms with van der Waals surface area (Å²) in [4.78, 5) is 22.5. The van der Waals surface area contributed by atoms with E-state index in [-0.39, 0.29) is 18.5 Å². The van der Waals surface area contributed by atoms with Crippen LogP contribution in [0.3, 0.4) is 0 Å². The van der Waals surface area contributed by atoms with Crippen molar-refractivity contribution in [1.82, 2.24) is 10.6 Å². The molecule has 2 amide bonds. The van der Waals surface area contributed by atoms with Crippen LogP contribution < -0.4 is 10.6 Å². The number of urea groups is 1. The van der Waals surface area contributed by atoms with Gasteiger partial charge in [-0.2, -0.15) is 11.8 Å². The molecule has 1 rings (SSSR count). The van der Waals surface area contributed by atoms with Gasteiger partial charge in [0.25, 0.3) is 0 Å². The molecule has 21 heavy (non-hydrogen) atoms. The van der Waals surface area contributed by atoms with Crippen molar-refractivity contribution in [1.29, 1.82) is 0 Å². The van der Waals surface area contributed by atoms with E-state index in [2.05, 4.69) is 10.6 Å². The van der Waals surface area contributed by atoms with E-state index in [4.69, 9.17) is 5.11 Å². The number of benzene rings is 1. The molecule has 0 aliphatic rings. The van der Waals surface area contributed by atoms with E-state index < -0.39 is 29.7 Å². The van der Waals surface area contributed by atoms with Gasteiger partial charge in [0.05, 0.1) is 0 Å². The SMILES string of the molecule is CSCCC(NC(=O)NCc1cccc(F)c1F)C(=O)O. The molecule has 0 spiro atoms. The van der Waals surface area contributed by atoms with Crippen LogP contribution in [0.5, 0.6) is 0 Å². The first kappa shape index (κ1) is 17.2. The summed E-state index contributed by atoms with van der Waals surface area (Å²) in [5.41, 5.74) is -0.0128. The lowest BCUT2D eigenvalue weighted by Gasteiger charge is -2.14. The number of hydrogen-bond acceptors (Lipinski definition) is 3. The summed E-state index contributed by atoms with van der Waals surface area (Å²) < 4.78 is 26.3. The maximum Gasteiger partial charge on any atom is 0.326 e. The second-order valence-corrected chi connectivity index (χ2v) is 5.20. The predicted molar refractivity (Wildman–Crippen MR) is 76.2 cm³/mol. The molecule has 1 aromatic carbocycles. The maximum absolute atomic E-state index is 13.4. The number of carboxylic acid groups (broad SMARTS) is 1. The normalized spacial score (nSPS) is 11.8. The van der Waals surface area contributed by atoms with Crippen LogP contribution in [-0.2, 0) is 11.3 Å². The standard InChI is InChI=1S/C13H16F2N2O3S/c1-21-6-5-10(12(18)19)17-13(20)16-7-8-3-2-4-9(14)11(8)15/h2-4,10H,5-7H2,1H3,(H,18,19)(H2,16,17,20). The summed E-state index contributed by atoms with van der Waals surface area (Å²) in [5.74, 6) is -2.60. The van der Waals surface area contributed by atoms with Gasteiger partial charge < -0.3 is 15.7 Å². The van der Waals surface area contributed by atoms with E-state index in [1.807, 2.05) is 6.26 Å². The first-order chi connectivity index (χ1) is 9.95. The number of carbonyl (C=O) groups is 2. The molecule has 0 saturated carbocycles. The lowest BCUT2D eigenvalue weighted by molar-refractivity contribution is -0.139. The molecule has 0 aromatic heterocycles. The molecular formula is C13H16F2N2O3S. The monoisotopic (exact) mass is 318 g/mol. The fourth-order valence-electron chi connectivity index (χ4n) is 1.56. The van der Waals surface area contributed by atoms with Crippen LogP contribution in [0.2, 0.25) is 0 Å². The predicted octanol–water partition coefficient (Wildman–Crippen LogP) is 1.97. The smallest absolute Gasteiger partial charge is 0.326 e. The number of halogens is 2. The Morgan fingerprint density at radius 2 is 2.10 bits per heavy atom. The van der Waals surface area contributed by atoms with Crippen LogP contribution in [0.15, 0.2) is 18.2 Å². The van der Waals surface area contributed by atoms with Crippen LogP contribution in [0.1, 0.15) is 12.0 Å². The lowest BCUT2D eigenvalue weighted by atomic mass is 10.2. The van der Waals surface area contributed by atoms with Crippen molar-refractivity contribution < 1.29 is 23.5 Å². The molecule has 0 fully saturated rings. The Balaban J connectivity index is 2.52. The summed E-state index contributed by atoms with van der Waals surface area (Å²) in [6.45, 7) is -0.232.